The number of hydrogen-bond acceptors (Lipinski definition) is 5. The molecule has 1 fully saturated rings. The van der Waals surface area contributed by atoms with Crippen molar-refractivity contribution < 1.29 is 4.79 Å². The Balaban J connectivity index is 1.32. The van der Waals surface area contributed by atoms with Crippen LogP contribution in [0, 0.1) is 5.92 Å². The minimum absolute atomic E-state index is 0.0786. The number of benzene rings is 1. The highest BCUT2D eigenvalue weighted by Gasteiger charge is 2.25. The number of fused-ring (bicyclic) bond motifs is 3. The minimum Gasteiger partial charge on any atom is -0.337 e. The van der Waals surface area contributed by atoms with Crippen molar-refractivity contribution in [3.05, 3.63) is 48.0 Å². The van der Waals surface area contributed by atoms with Crippen LogP contribution in [-0.2, 0) is 13.0 Å². The number of nitrogens with zero attached hydrogens (tertiary/aromatic N) is 6. The molecule has 28 heavy (non-hydrogen) atoms. The first-order chi connectivity index (χ1) is 13.7. The summed E-state index contributed by atoms with van der Waals surface area (Å²) in [4.78, 5) is 30.5. The second kappa shape index (κ2) is 6.89. The van der Waals surface area contributed by atoms with Crippen molar-refractivity contribution in [3.63, 3.8) is 0 Å². The molecule has 1 saturated heterocycles. The lowest BCUT2D eigenvalue weighted by atomic mass is 10.0. The predicted molar refractivity (Wildman–Crippen MR) is 107 cm³/mol. The highest BCUT2D eigenvalue weighted by Crippen LogP contribution is 2.26. The Morgan fingerprint density at radius 1 is 1.07 bits per heavy atom. The maximum absolute atomic E-state index is 13.0. The van der Waals surface area contributed by atoms with Crippen molar-refractivity contribution in [2.45, 2.75) is 26.3 Å². The largest absolute Gasteiger partial charge is 0.337 e. The summed E-state index contributed by atoms with van der Waals surface area (Å²) < 4.78 is 2.31. The first-order valence-corrected chi connectivity index (χ1v) is 9.99. The van der Waals surface area contributed by atoms with Gasteiger partial charge in [0.2, 0.25) is 5.95 Å². The van der Waals surface area contributed by atoms with Gasteiger partial charge in [-0.25, -0.2) is 15.0 Å². The van der Waals surface area contributed by atoms with Gasteiger partial charge in [-0.1, -0.05) is 6.92 Å². The van der Waals surface area contributed by atoms with Gasteiger partial charge in [-0.3, -0.25) is 4.79 Å². The number of aryl methyl sites for hydroxylation is 1. The van der Waals surface area contributed by atoms with E-state index in [4.69, 9.17) is 4.98 Å². The quantitative estimate of drug-likeness (QED) is 0.687. The van der Waals surface area contributed by atoms with E-state index in [9.17, 15) is 4.79 Å². The van der Waals surface area contributed by atoms with Crippen LogP contribution in [0.4, 0.5) is 5.95 Å². The van der Waals surface area contributed by atoms with Gasteiger partial charge in [0.1, 0.15) is 5.82 Å². The van der Waals surface area contributed by atoms with E-state index in [2.05, 4.69) is 32.4 Å². The Kier molecular flexibility index (Phi) is 4.22. The molecule has 0 bridgehead atoms. The van der Waals surface area contributed by atoms with Crippen molar-refractivity contribution in [3.8, 4) is 0 Å². The summed E-state index contributed by atoms with van der Waals surface area (Å²) in [5.41, 5.74) is 2.80. The van der Waals surface area contributed by atoms with Crippen LogP contribution in [0.25, 0.3) is 11.0 Å². The maximum atomic E-state index is 13.0. The lowest BCUT2D eigenvalue weighted by Gasteiger charge is -2.34. The standard InChI is InChI=1S/C21H24N6O/c1-15-5-8-27-18-4-3-16(14-17(18)24-19(27)13-15)20(28)25-9-11-26(12-10-25)21-22-6-2-7-23-21/h2-4,6-7,14-15H,5,8-13H2,1H3/t15-/m1/s1. The summed E-state index contributed by atoms with van der Waals surface area (Å²) in [6, 6.07) is 7.78. The third-order valence-electron chi connectivity index (χ3n) is 5.85. The molecular weight excluding hydrogens is 352 g/mol. The second-order valence-corrected chi connectivity index (χ2v) is 7.81. The Hall–Kier alpha value is -2.96. The van der Waals surface area contributed by atoms with E-state index in [1.165, 1.54) is 6.42 Å². The molecule has 1 atom stereocenters. The van der Waals surface area contributed by atoms with Crippen LogP contribution in [-0.4, -0.2) is 56.5 Å². The Morgan fingerprint density at radius 3 is 2.64 bits per heavy atom. The zero-order valence-corrected chi connectivity index (χ0v) is 16.1. The first kappa shape index (κ1) is 17.2. The van der Waals surface area contributed by atoms with E-state index < -0.39 is 0 Å². The summed E-state index contributed by atoms with van der Waals surface area (Å²) in [6.07, 6.45) is 5.70. The molecule has 1 amide bonds. The molecule has 2 aliphatic rings. The number of amides is 1. The number of anilines is 1. The van der Waals surface area contributed by atoms with Crippen molar-refractivity contribution in [1.29, 1.82) is 0 Å². The molecule has 0 unspecified atom stereocenters. The fraction of sp³-hybridized carbons (Fsp3) is 0.429. The minimum atomic E-state index is 0.0786. The van der Waals surface area contributed by atoms with Crippen molar-refractivity contribution in [2.75, 3.05) is 31.1 Å². The van der Waals surface area contributed by atoms with Gasteiger partial charge in [0.15, 0.2) is 0 Å². The second-order valence-electron chi connectivity index (χ2n) is 7.81. The Labute approximate surface area is 164 Å². The van der Waals surface area contributed by atoms with Gasteiger partial charge in [-0.2, -0.15) is 0 Å². The van der Waals surface area contributed by atoms with Gasteiger partial charge < -0.3 is 14.4 Å². The molecule has 0 N–H and O–H groups in total. The van der Waals surface area contributed by atoms with E-state index in [0.29, 0.717) is 19.0 Å². The van der Waals surface area contributed by atoms with E-state index >= 15 is 0 Å². The molecule has 3 aromatic rings. The summed E-state index contributed by atoms with van der Waals surface area (Å²) >= 11 is 0. The number of carbonyl (C=O) groups excluding carboxylic acids is 1. The van der Waals surface area contributed by atoms with Gasteiger partial charge in [0.05, 0.1) is 11.0 Å². The molecule has 2 aromatic heterocycles. The highest BCUT2D eigenvalue weighted by molar-refractivity contribution is 5.97. The van der Waals surface area contributed by atoms with E-state index in [0.717, 1.165) is 54.4 Å². The van der Waals surface area contributed by atoms with Crippen molar-refractivity contribution in [1.82, 2.24) is 24.4 Å². The number of imidazole rings is 1. The van der Waals surface area contributed by atoms with Crippen molar-refractivity contribution >= 4 is 22.9 Å². The van der Waals surface area contributed by atoms with Crippen LogP contribution >= 0.6 is 0 Å². The summed E-state index contributed by atoms with van der Waals surface area (Å²) in [6.45, 7) is 6.13. The van der Waals surface area contributed by atoms with Gasteiger partial charge in [0.25, 0.3) is 5.91 Å². The number of rotatable bonds is 2. The molecule has 0 spiro atoms. The van der Waals surface area contributed by atoms with Crippen LogP contribution in [0.1, 0.15) is 29.5 Å². The van der Waals surface area contributed by atoms with E-state index in [1.54, 1.807) is 12.4 Å². The fourth-order valence-corrected chi connectivity index (χ4v) is 4.23. The van der Waals surface area contributed by atoms with Gasteiger partial charge >= 0.3 is 0 Å². The average molecular weight is 376 g/mol. The van der Waals surface area contributed by atoms with Crippen LogP contribution in [0.3, 0.4) is 0 Å². The molecule has 7 heteroatoms. The topological polar surface area (TPSA) is 67.2 Å². The third-order valence-corrected chi connectivity index (χ3v) is 5.85. The van der Waals surface area contributed by atoms with Crippen LogP contribution in [0.5, 0.6) is 0 Å². The highest BCUT2D eigenvalue weighted by atomic mass is 16.2. The molecule has 1 aromatic carbocycles. The lowest BCUT2D eigenvalue weighted by Crippen LogP contribution is -2.49. The van der Waals surface area contributed by atoms with Gasteiger partial charge in [-0.05, 0) is 36.6 Å². The van der Waals surface area contributed by atoms with Crippen molar-refractivity contribution in [2.24, 2.45) is 5.92 Å². The van der Waals surface area contributed by atoms with Gasteiger partial charge in [-0.15, -0.1) is 0 Å². The molecule has 0 radical (unpaired) electrons. The SMILES string of the molecule is C[C@@H]1CCn2c(nc3cc(C(=O)N4CCN(c5ncccn5)CC4)ccc32)C1. The zero-order valence-electron chi connectivity index (χ0n) is 16.1. The molecule has 7 nitrogen and oxygen atoms in total. The molecule has 144 valence electrons. The Bertz CT molecular complexity index is 1010. The van der Waals surface area contributed by atoms with E-state index in [1.807, 2.05) is 23.1 Å². The average Bonchev–Trinajstić information content (AvgIpc) is 3.10. The monoisotopic (exact) mass is 376 g/mol. The molecule has 0 aliphatic carbocycles. The van der Waals surface area contributed by atoms with Crippen LogP contribution in [0.15, 0.2) is 36.7 Å². The zero-order chi connectivity index (χ0) is 19.1. The smallest absolute Gasteiger partial charge is 0.254 e. The molecule has 2 aliphatic heterocycles. The number of hydrogen-bond donors (Lipinski definition) is 0. The van der Waals surface area contributed by atoms with Crippen LogP contribution in [0.2, 0.25) is 0 Å². The summed E-state index contributed by atoms with van der Waals surface area (Å²) in [5, 5.41) is 0. The Morgan fingerprint density at radius 2 is 1.86 bits per heavy atom. The predicted octanol–water partition coefficient (Wildman–Crippen LogP) is 2.37. The first-order valence-electron chi connectivity index (χ1n) is 9.99. The number of carbonyl (C=O) groups is 1. The van der Waals surface area contributed by atoms with E-state index in [-0.39, 0.29) is 5.91 Å². The molecule has 4 heterocycles. The number of aromatic nitrogens is 4. The normalized spacial score (nSPS) is 19.7. The fourth-order valence-electron chi connectivity index (χ4n) is 4.23. The van der Waals surface area contributed by atoms with Crippen LogP contribution < -0.4 is 4.90 Å². The molecule has 0 saturated carbocycles. The summed E-state index contributed by atoms with van der Waals surface area (Å²) in [5.74, 6) is 2.63. The summed E-state index contributed by atoms with van der Waals surface area (Å²) in [7, 11) is 0. The number of piperazine rings is 1. The molecular formula is C21H24N6O. The van der Waals surface area contributed by atoms with Gasteiger partial charge in [0, 0.05) is 57.1 Å². The molecule has 5 rings (SSSR count). The maximum Gasteiger partial charge on any atom is 0.254 e. The third kappa shape index (κ3) is 3.00. The lowest BCUT2D eigenvalue weighted by molar-refractivity contribution is 0.0746.